The standard InChI is InChI=1S/C19H19N3O3/c1-11(2)7-15-18-14(19(24)22(3)21-15)9-16(25-18)17(23)13-6-4-5-12(8-13)10-20/h4-6,8-9,11,17,23H,7H2,1-3H3. The van der Waals surface area contributed by atoms with E-state index in [0.29, 0.717) is 40.1 Å². The molecule has 1 aromatic carbocycles. The van der Waals surface area contributed by atoms with E-state index >= 15 is 0 Å². The second-order valence-electron chi connectivity index (χ2n) is 6.50. The number of furan rings is 1. The topological polar surface area (TPSA) is 92.0 Å². The molecule has 0 saturated carbocycles. The van der Waals surface area contributed by atoms with E-state index in [1.807, 2.05) is 6.07 Å². The van der Waals surface area contributed by atoms with Gasteiger partial charge >= 0.3 is 0 Å². The van der Waals surface area contributed by atoms with Crippen LogP contribution in [0, 0.1) is 17.2 Å². The van der Waals surface area contributed by atoms with E-state index in [-0.39, 0.29) is 11.3 Å². The van der Waals surface area contributed by atoms with Gasteiger partial charge < -0.3 is 9.52 Å². The minimum Gasteiger partial charge on any atom is -0.456 e. The zero-order valence-corrected chi connectivity index (χ0v) is 14.4. The Balaban J connectivity index is 2.13. The highest BCUT2D eigenvalue weighted by Crippen LogP contribution is 2.29. The molecule has 1 atom stereocenters. The van der Waals surface area contributed by atoms with Crippen LogP contribution in [-0.2, 0) is 13.5 Å². The normalized spacial score (nSPS) is 12.5. The van der Waals surface area contributed by atoms with Gasteiger partial charge in [0.1, 0.15) is 17.6 Å². The molecule has 2 aromatic heterocycles. The van der Waals surface area contributed by atoms with E-state index in [1.54, 1.807) is 37.4 Å². The average molecular weight is 337 g/mol. The van der Waals surface area contributed by atoms with Crippen molar-refractivity contribution in [3.63, 3.8) is 0 Å². The van der Waals surface area contributed by atoms with Crippen molar-refractivity contribution in [1.29, 1.82) is 5.26 Å². The highest BCUT2D eigenvalue weighted by Gasteiger charge is 2.21. The molecule has 0 spiro atoms. The van der Waals surface area contributed by atoms with E-state index in [0.717, 1.165) is 0 Å². The third-order valence-corrected chi connectivity index (χ3v) is 4.01. The molecule has 3 aromatic rings. The number of fused-ring (bicyclic) bond motifs is 1. The number of nitrogens with zero attached hydrogens (tertiary/aromatic N) is 3. The molecule has 0 saturated heterocycles. The van der Waals surface area contributed by atoms with Crippen molar-refractivity contribution >= 4 is 11.0 Å². The molecule has 0 aliphatic carbocycles. The van der Waals surface area contributed by atoms with Gasteiger partial charge in [0.25, 0.3) is 5.56 Å². The molecule has 0 bridgehead atoms. The molecule has 3 rings (SSSR count). The summed E-state index contributed by atoms with van der Waals surface area (Å²) in [5, 5.41) is 24.3. The molecule has 0 aliphatic heterocycles. The predicted molar refractivity (Wildman–Crippen MR) is 93.0 cm³/mol. The van der Waals surface area contributed by atoms with Gasteiger partial charge in [0.15, 0.2) is 5.58 Å². The maximum absolute atomic E-state index is 12.4. The van der Waals surface area contributed by atoms with Crippen LogP contribution < -0.4 is 5.56 Å². The minimum atomic E-state index is -1.06. The highest BCUT2D eigenvalue weighted by atomic mass is 16.4. The molecule has 2 heterocycles. The Morgan fingerprint density at radius 3 is 2.80 bits per heavy atom. The van der Waals surface area contributed by atoms with E-state index in [2.05, 4.69) is 18.9 Å². The fraction of sp³-hybridized carbons (Fsp3) is 0.316. The predicted octanol–water partition coefficient (Wildman–Crippen LogP) is 2.68. The molecular formula is C19H19N3O3. The lowest BCUT2D eigenvalue weighted by atomic mass is 10.0. The number of aliphatic hydroxyl groups excluding tert-OH is 1. The maximum Gasteiger partial charge on any atom is 0.277 e. The van der Waals surface area contributed by atoms with E-state index in [4.69, 9.17) is 9.68 Å². The summed E-state index contributed by atoms with van der Waals surface area (Å²) in [5.74, 6) is 0.610. The van der Waals surface area contributed by atoms with Crippen molar-refractivity contribution in [3.8, 4) is 6.07 Å². The highest BCUT2D eigenvalue weighted by molar-refractivity contribution is 5.79. The SMILES string of the molecule is CC(C)Cc1nn(C)c(=O)c2cc(C(O)c3cccc(C#N)c3)oc12. The Kier molecular flexibility index (Phi) is 4.43. The fourth-order valence-electron chi connectivity index (χ4n) is 2.83. The number of rotatable bonds is 4. The summed E-state index contributed by atoms with van der Waals surface area (Å²) in [6, 6.07) is 10.3. The Morgan fingerprint density at radius 2 is 2.12 bits per heavy atom. The van der Waals surface area contributed by atoms with Crippen LogP contribution in [0.3, 0.4) is 0 Å². The van der Waals surface area contributed by atoms with Crippen LogP contribution >= 0.6 is 0 Å². The van der Waals surface area contributed by atoms with Crippen molar-refractivity contribution in [2.45, 2.75) is 26.4 Å². The van der Waals surface area contributed by atoms with Gasteiger partial charge in [-0.05, 0) is 36.1 Å². The number of hydrogen-bond acceptors (Lipinski definition) is 5. The van der Waals surface area contributed by atoms with Crippen LogP contribution in [0.1, 0.15) is 42.5 Å². The summed E-state index contributed by atoms with van der Waals surface area (Å²) in [6.45, 7) is 4.12. The van der Waals surface area contributed by atoms with E-state index < -0.39 is 6.10 Å². The second kappa shape index (κ2) is 6.54. The van der Waals surface area contributed by atoms with Crippen molar-refractivity contribution in [3.05, 3.63) is 63.3 Å². The molecule has 0 amide bonds. The van der Waals surface area contributed by atoms with Crippen molar-refractivity contribution < 1.29 is 9.52 Å². The van der Waals surface area contributed by atoms with Crippen LogP contribution in [-0.4, -0.2) is 14.9 Å². The molecule has 6 heteroatoms. The number of nitriles is 1. The molecule has 0 radical (unpaired) electrons. The van der Waals surface area contributed by atoms with Crippen LogP contribution in [0.2, 0.25) is 0 Å². The lowest BCUT2D eigenvalue weighted by molar-refractivity contribution is 0.192. The summed E-state index contributed by atoms with van der Waals surface area (Å²) >= 11 is 0. The third kappa shape index (κ3) is 3.19. The molecule has 25 heavy (non-hydrogen) atoms. The third-order valence-electron chi connectivity index (χ3n) is 4.01. The van der Waals surface area contributed by atoms with Gasteiger partial charge in [-0.3, -0.25) is 4.79 Å². The van der Waals surface area contributed by atoms with Gasteiger partial charge in [-0.2, -0.15) is 10.4 Å². The van der Waals surface area contributed by atoms with E-state index in [9.17, 15) is 9.90 Å². The maximum atomic E-state index is 12.4. The molecular weight excluding hydrogens is 318 g/mol. The van der Waals surface area contributed by atoms with Crippen LogP contribution in [0.5, 0.6) is 0 Å². The Bertz CT molecular complexity index is 1020. The Labute approximate surface area is 144 Å². The largest absolute Gasteiger partial charge is 0.456 e. The van der Waals surface area contributed by atoms with E-state index in [1.165, 1.54) is 4.68 Å². The molecule has 128 valence electrons. The zero-order valence-electron chi connectivity index (χ0n) is 14.4. The smallest absolute Gasteiger partial charge is 0.277 e. The number of aryl methyl sites for hydroxylation is 1. The first-order valence-electron chi connectivity index (χ1n) is 8.08. The van der Waals surface area contributed by atoms with Crippen molar-refractivity contribution in [2.75, 3.05) is 0 Å². The summed E-state index contributed by atoms with van der Waals surface area (Å²) in [4.78, 5) is 12.4. The zero-order chi connectivity index (χ0) is 18.1. The van der Waals surface area contributed by atoms with Gasteiger partial charge in [-0.15, -0.1) is 0 Å². The Hall–Kier alpha value is -2.91. The fourth-order valence-corrected chi connectivity index (χ4v) is 2.83. The summed E-state index contributed by atoms with van der Waals surface area (Å²) in [6.07, 6.45) is -0.394. The van der Waals surface area contributed by atoms with Gasteiger partial charge in [-0.1, -0.05) is 26.0 Å². The average Bonchev–Trinajstić information content (AvgIpc) is 3.04. The summed E-state index contributed by atoms with van der Waals surface area (Å²) < 4.78 is 7.11. The molecule has 6 nitrogen and oxygen atoms in total. The summed E-state index contributed by atoms with van der Waals surface area (Å²) in [7, 11) is 1.60. The first kappa shape index (κ1) is 16.9. The number of aliphatic hydroxyl groups is 1. The monoisotopic (exact) mass is 337 g/mol. The molecule has 1 unspecified atom stereocenters. The molecule has 0 fully saturated rings. The summed E-state index contributed by atoms with van der Waals surface area (Å²) in [5.41, 5.74) is 1.83. The molecule has 0 aliphatic rings. The lowest BCUT2D eigenvalue weighted by Gasteiger charge is -2.08. The van der Waals surface area contributed by atoms with Gasteiger partial charge in [0.2, 0.25) is 0 Å². The van der Waals surface area contributed by atoms with Gasteiger partial charge in [-0.25, -0.2) is 4.68 Å². The first-order valence-corrected chi connectivity index (χ1v) is 8.08. The number of benzene rings is 1. The minimum absolute atomic E-state index is 0.264. The molecule has 1 N–H and O–H groups in total. The lowest BCUT2D eigenvalue weighted by Crippen LogP contribution is -2.21. The van der Waals surface area contributed by atoms with Crippen molar-refractivity contribution in [2.24, 2.45) is 13.0 Å². The second-order valence-corrected chi connectivity index (χ2v) is 6.50. The van der Waals surface area contributed by atoms with Crippen LogP contribution in [0.15, 0.2) is 39.5 Å². The number of aromatic nitrogens is 2. The van der Waals surface area contributed by atoms with Gasteiger partial charge in [0, 0.05) is 7.05 Å². The Morgan fingerprint density at radius 1 is 1.36 bits per heavy atom. The van der Waals surface area contributed by atoms with Gasteiger partial charge in [0.05, 0.1) is 17.0 Å². The van der Waals surface area contributed by atoms with Crippen LogP contribution in [0.4, 0.5) is 0 Å². The van der Waals surface area contributed by atoms with Crippen LogP contribution in [0.25, 0.3) is 11.0 Å². The quantitative estimate of drug-likeness (QED) is 0.790. The number of hydrogen-bond donors (Lipinski definition) is 1. The first-order chi connectivity index (χ1) is 11.9. The van der Waals surface area contributed by atoms with Crippen molar-refractivity contribution in [1.82, 2.24) is 9.78 Å².